The summed E-state index contributed by atoms with van der Waals surface area (Å²) < 4.78 is 0.989. The van der Waals surface area contributed by atoms with E-state index in [1.54, 1.807) is 11.3 Å². The van der Waals surface area contributed by atoms with Gasteiger partial charge >= 0.3 is 5.97 Å². The van der Waals surface area contributed by atoms with Crippen LogP contribution in [0.25, 0.3) is 9.53 Å². The van der Waals surface area contributed by atoms with Gasteiger partial charge < -0.3 is 15.3 Å². The van der Waals surface area contributed by atoms with Crippen molar-refractivity contribution in [2.24, 2.45) is 5.92 Å². The first-order valence-electron chi connectivity index (χ1n) is 8.13. The van der Waals surface area contributed by atoms with Crippen LogP contribution < -0.4 is 10.2 Å². The van der Waals surface area contributed by atoms with Crippen molar-refractivity contribution in [3.8, 4) is 0 Å². The maximum absolute atomic E-state index is 12.4. The number of carbonyl (C=O) groups is 2. The molecule has 1 aliphatic rings. The Bertz CT molecular complexity index is 715. The first-order valence-corrected chi connectivity index (χ1v) is 9.76. The summed E-state index contributed by atoms with van der Waals surface area (Å²) in [5.74, 6) is -1.13. The van der Waals surface area contributed by atoms with Crippen molar-refractivity contribution < 1.29 is 14.7 Å². The lowest BCUT2D eigenvalue weighted by Gasteiger charge is -2.15. The molecule has 2 N–H and O–H groups in total. The van der Waals surface area contributed by atoms with Crippen molar-refractivity contribution in [1.29, 1.82) is 0 Å². The number of thiophene rings is 1. The Morgan fingerprint density at radius 2 is 2.04 bits per heavy atom. The zero-order chi connectivity index (χ0) is 17.3. The molecule has 6 nitrogen and oxygen atoms in total. The highest BCUT2D eigenvalue weighted by molar-refractivity contribution is 7.29. The van der Waals surface area contributed by atoms with E-state index in [0.29, 0.717) is 11.3 Å². The molecule has 0 bridgehead atoms. The first kappa shape index (κ1) is 17.2. The number of aromatic nitrogens is 1. The van der Waals surface area contributed by atoms with Gasteiger partial charge in [-0.1, -0.05) is 25.2 Å². The fraction of sp³-hybridized carbons (Fsp3) is 0.562. The van der Waals surface area contributed by atoms with Crippen LogP contribution in [0.3, 0.4) is 0 Å². The second-order valence-electron chi connectivity index (χ2n) is 6.46. The third-order valence-electron chi connectivity index (χ3n) is 3.99. The van der Waals surface area contributed by atoms with E-state index in [4.69, 9.17) is 0 Å². The number of carbonyl (C=O) groups excluding carboxylic acids is 1. The minimum Gasteiger partial charge on any atom is -0.480 e. The fourth-order valence-corrected chi connectivity index (χ4v) is 4.97. The Hall–Kier alpha value is -1.67. The molecule has 1 atom stereocenters. The molecule has 1 amide bonds. The highest BCUT2D eigenvalue weighted by atomic mass is 32.1. The highest BCUT2D eigenvalue weighted by Gasteiger charge is 2.24. The number of fused-ring (bicyclic) bond motifs is 1. The molecule has 1 aliphatic heterocycles. The van der Waals surface area contributed by atoms with Crippen LogP contribution in [0.4, 0.5) is 5.13 Å². The van der Waals surface area contributed by atoms with Crippen LogP contribution in [0.1, 0.15) is 42.8 Å². The van der Waals surface area contributed by atoms with Gasteiger partial charge in [-0.3, -0.25) is 4.79 Å². The average molecular weight is 367 g/mol. The molecule has 3 rings (SSSR count). The predicted molar refractivity (Wildman–Crippen MR) is 97.3 cm³/mol. The van der Waals surface area contributed by atoms with E-state index in [1.807, 2.05) is 19.9 Å². The highest BCUT2D eigenvalue weighted by Crippen LogP contribution is 2.35. The van der Waals surface area contributed by atoms with Crippen LogP contribution in [0, 0.1) is 5.92 Å². The van der Waals surface area contributed by atoms with E-state index in [0.717, 1.165) is 27.8 Å². The number of amides is 1. The number of hydrogen-bond acceptors (Lipinski definition) is 6. The summed E-state index contributed by atoms with van der Waals surface area (Å²) in [7, 11) is 0. The molecule has 0 aromatic carbocycles. The number of aliphatic carboxylic acids is 1. The van der Waals surface area contributed by atoms with Gasteiger partial charge in [0.25, 0.3) is 5.91 Å². The maximum Gasteiger partial charge on any atom is 0.326 e. The lowest BCUT2D eigenvalue weighted by Crippen LogP contribution is -2.41. The minimum absolute atomic E-state index is 0.197. The minimum atomic E-state index is -0.995. The summed E-state index contributed by atoms with van der Waals surface area (Å²) in [6.07, 6.45) is 2.82. The molecule has 0 aliphatic carbocycles. The number of carboxylic acids is 1. The molecule has 0 spiro atoms. The molecular formula is C16H21N3O3S2. The van der Waals surface area contributed by atoms with E-state index in [2.05, 4.69) is 15.2 Å². The van der Waals surface area contributed by atoms with Crippen molar-refractivity contribution in [1.82, 2.24) is 10.3 Å². The fourth-order valence-electron chi connectivity index (χ4n) is 2.80. The standard InChI is InChI=1S/C16H21N3O3S2/c1-9(2)7-10(15(21)22)17-13(20)11-8-12-14(23-11)18-16(24-12)19-5-3-4-6-19/h8-10H,3-7H2,1-2H3,(H,17,20)(H,21,22)/t10-/m0/s1. The van der Waals surface area contributed by atoms with E-state index >= 15 is 0 Å². The quantitative estimate of drug-likeness (QED) is 0.819. The Balaban J connectivity index is 1.72. The summed E-state index contributed by atoms with van der Waals surface area (Å²) in [4.78, 5) is 31.9. The van der Waals surface area contributed by atoms with Gasteiger partial charge in [0.2, 0.25) is 0 Å². The zero-order valence-corrected chi connectivity index (χ0v) is 15.4. The Morgan fingerprint density at radius 1 is 1.33 bits per heavy atom. The molecule has 24 heavy (non-hydrogen) atoms. The number of rotatable bonds is 6. The number of nitrogens with zero attached hydrogens (tertiary/aromatic N) is 2. The van der Waals surface area contributed by atoms with Gasteiger partial charge in [0.15, 0.2) is 5.13 Å². The van der Waals surface area contributed by atoms with Gasteiger partial charge in [0, 0.05) is 13.1 Å². The second kappa shape index (κ2) is 7.06. The van der Waals surface area contributed by atoms with Crippen LogP contribution in [-0.2, 0) is 4.79 Å². The third kappa shape index (κ3) is 3.70. The van der Waals surface area contributed by atoms with Crippen molar-refractivity contribution >= 4 is 49.2 Å². The Morgan fingerprint density at radius 3 is 2.62 bits per heavy atom. The smallest absolute Gasteiger partial charge is 0.326 e. The lowest BCUT2D eigenvalue weighted by molar-refractivity contribution is -0.139. The molecule has 130 valence electrons. The van der Waals surface area contributed by atoms with Gasteiger partial charge in [-0.05, 0) is 31.2 Å². The van der Waals surface area contributed by atoms with Crippen LogP contribution in [0.15, 0.2) is 6.07 Å². The lowest BCUT2D eigenvalue weighted by atomic mass is 10.0. The number of carboxylic acid groups (broad SMARTS) is 1. The average Bonchev–Trinajstić information content (AvgIpc) is 3.20. The summed E-state index contributed by atoms with van der Waals surface area (Å²) in [6.45, 7) is 5.97. The molecular weight excluding hydrogens is 346 g/mol. The van der Waals surface area contributed by atoms with Gasteiger partial charge in [-0.2, -0.15) is 0 Å². The summed E-state index contributed by atoms with van der Waals surface area (Å²) >= 11 is 2.92. The van der Waals surface area contributed by atoms with Gasteiger partial charge in [-0.15, -0.1) is 11.3 Å². The zero-order valence-electron chi connectivity index (χ0n) is 13.7. The Labute approximate surface area is 148 Å². The maximum atomic E-state index is 12.4. The van der Waals surface area contributed by atoms with Crippen LogP contribution >= 0.6 is 22.7 Å². The van der Waals surface area contributed by atoms with Gasteiger partial charge in [0.1, 0.15) is 10.9 Å². The third-order valence-corrected chi connectivity index (χ3v) is 6.21. The van der Waals surface area contributed by atoms with E-state index < -0.39 is 12.0 Å². The molecule has 0 radical (unpaired) electrons. The van der Waals surface area contributed by atoms with Crippen molar-refractivity contribution in [3.63, 3.8) is 0 Å². The SMILES string of the molecule is CC(C)C[C@H](NC(=O)c1cc2sc(N3CCCC3)nc2s1)C(=O)O. The van der Waals surface area contributed by atoms with E-state index in [1.165, 1.54) is 24.2 Å². The molecule has 3 heterocycles. The summed E-state index contributed by atoms with van der Waals surface area (Å²) in [6, 6.07) is 0.965. The van der Waals surface area contributed by atoms with E-state index in [9.17, 15) is 14.7 Å². The normalized spacial score (nSPS) is 16.0. The largest absolute Gasteiger partial charge is 0.480 e. The van der Waals surface area contributed by atoms with Crippen molar-refractivity contribution in [2.75, 3.05) is 18.0 Å². The molecule has 1 saturated heterocycles. The van der Waals surface area contributed by atoms with E-state index in [-0.39, 0.29) is 11.8 Å². The number of hydrogen-bond donors (Lipinski definition) is 2. The molecule has 8 heteroatoms. The van der Waals surface area contributed by atoms with Gasteiger partial charge in [0.05, 0.1) is 9.58 Å². The van der Waals surface area contributed by atoms with Crippen LogP contribution in [0.5, 0.6) is 0 Å². The predicted octanol–water partition coefficient (Wildman–Crippen LogP) is 3.19. The van der Waals surface area contributed by atoms with Crippen LogP contribution in [0.2, 0.25) is 0 Å². The second-order valence-corrected chi connectivity index (χ2v) is 8.50. The molecule has 2 aromatic heterocycles. The monoisotopic (exact) mass is 367 g/mol. The number of anilines is 1. The van der Waals surface area contributed by atoms with Crippen molar-refractivity contribution in [3.05, 3.63) is 10.9 Å². The summed E-state index contributed by atoms with van der Waals surface area (Å²) in [5, 5.41) is 12.9. The molecule has 2 aromatic rings. The van der Waals surface area contributed by atoms with Crippen molar-refractivity contribution in [2.45, 2.75) is 39.2 Å². The number of thiazole rings is 1. The molecule has 1 fully saturated rings. The van der Waals surface area contributed by atoms with Crippen LogP contribution in [-0.4, -0.2) is 41.1 Å². The molecule has 0 saturated carbocycles. The topological polar surface area (TPSA) is 82.5 Å². The Kier molecular flexibility index (Phi) is 5.05. The summed E-state index contributed by atoms with van der Waals surface area (Å²) in [5.41, 5.74) is 0. The molecule has 0 unspecified atom stereocenters. The first-order chi connectivity index (χ1) is 11.4. The van der Waals surface area contributed by atoms with Gasteiger partial charge in [-0.25, -0.2) is 9.78 Å². The number of nitrogens with one attached hydrogen (secondary N) is 1.